The van der Waals surface area contributed by atoms with Gasteiger partial charge in [0, 0.05) is 12.1 Å². The van der Waals surface area contributed by atoms with E-state index in [4.69, 9.17) is 9.57 Å². The molecule has 0 aliphatic rings. The van der Waals surface area contributed by atoms with Crippen LogP contribution in [-0.4, -0.2) is 47.5 Å². The van der Waals surface area contributed by atoms with Gasteiger partial charge in [-0.1, -0.05) is 44.2 Å². The zero-order chi connectivity index (χ0) is 22.8. The van der Waals surface area contributed by atoms with Crippen LogP contribution in [0.2, 0.25) is 0 Å². The molecule has 1 amide bonds. The molecular weight excluding hydrogens is 400 g/mol. The number of amides is 1. The summed E-state index contributed by atoms with van der Waals surface area (Å²) < 4.78 is 5.11. The monoisotopic (exact) mass is 428 g/mol. The number of rotatable bonds is 13. The van der Waals surface area contributed by atoms with Crippen LogP contribution in [0.3, 0.4) is 0 Å². The molecule has 8 heteroatoms. The summed E-state index contributed by atoms with van der Waals surface area (Å²) in [6.45, 7) is 3.70. The lowest BCUT2D eigenvalue weighted by atomic mass is 9.96. The minimum absolute atomic E-state index is 0.0138. The molecule has 0 saturated heterocycles. The fourth-order valence-electron chi connectivity index (χ4n) is 3.04. The van der Waals surface area contributed by atoms with E-state index in [2.05, 4.69) is 5.32 Å². The highest BCUT2D eigenvalue weighted by atomic mass is 16.7. The van der Waals surface area contributed by atoms with Gasteiger partial charge in [-0.05, 0) is 35.7 Å². The molecule has 0 aromatic heterocycles. The number of methoxy groups -OCH3 is 1. The first-order chi connectivity index (χ1) is 14.8. The van der Waals surface area contributed by atoms with Gasteiger partial charge in [0.25, 0.3) is 0 Å². The first-order valence-electron chi connectivity index (χ1n) is 9.92. The topological polar surface area (TPSA) is 105 Å². The van der Waals surface area contributed by atoms with E-state index >= 15 is 0 Å². The van der Waals surface area contributed by atoms with Crippen LogP contribution in [-0.2, 0) is 25.8 Å². The van der Waals surface area contributed by atoms with Crippen molar-refractivity contribution < 1.29 is 29.1 Å². The molecule has 0 bridgehead atoms. The van der Waals surface area contributed by atoms with Gasteiger partial charge < -0.3 is 15.2 Å². The number of hydroxylamine groups is 2. The lowest BCUT2D eigenvalue weighted by Crippen LogP contribution is -2.54. The van der Waals surface area contributed by atoms with Gasteiger partial charge in [0.2, 0.25) is 6.41 Å². The van der Waals surface area contributed by atoms with Crippen molar-refractivity contribution in [3.63, 3.8) is 0 Å². The Morgan fingerprint density at radius 3 is 2.26 bits per heavy atom. The van der Waals surface area contributed by atoms with Crippen LogP contribution in [0.5, 0.6) is 5.75 Å². The molecule has 2 atom stereocenters. The van der Waals surface area contributed by atoms with Crippen LogP contribution in [0.1, 0.15) is 25.8 Å². The standard InChI is InChI=1S/C23H28N2O6/c1-16(2)13-20(27)22(25(15-26)31-14-17-7-5-4-6-8-17)21(23(28)29)24-18-9-11-19(30-3)12-10-18/h4-12,15-16,21-22,24H,13-14H2,1-3H3,(H,28,29)/t21-,22?/m0/s1. The van der Waals surface area contributed by atoms with Gasteiger partial charge in [0.1, 0.15) is 18.4 Å². The highest BCUT2D eigenvalue weighted by Gasteiger charge is 2.39. The molecular formula is C23H28N2O6. The van der Waals surface area contributed by atoms with E-state index in [1.54, 1.807) is 36.4 Å². The predicted octanol–water partition coefficient (Wildman–Crippen LogP) is 3.13. The SMILES string of the molecule is COc1ccc(N[C@H](C(=O)O)C(C(=O)CC(C)C)N(C=O)OCc2ccccc2)cc1. The van der Waals surface area contributed by atoms with E-state index in [-0.39, 0.29) is 18.9 Å². The van der Waals surface area contributed by atoms with Crippen molar-refractivity contribution >= 4 is 23.9 Å². The Morgan fingerprint density at radius 1 is 1.10 bits per heavy atom. The molecule has 2 aromatic rings. The van der Waals surface area contributed by atoms with Gasteiger partial charge in [0.05, 0.1) is 7.11 Å². The quantitative estimate of drug-likeness (QED) is 0.373. The third-order valence-electron chi connectivity index (χ3n) is 4.53. The zero-order valence-corrected chi connectivity index (χ0v) is 17.9. The Labute approximate surface area is 181 Å². The highest BCUT2D eigenvalue weighted by Crippen LogP contribution is 2.20. The maximum absolute atomic E-state index is 13.0. The smallest absolute Gasteiger partial charge is 0.328 e. The maximum Gasteiger partial charge on any atom is 0.328 e. The Balaban J connectivity index is 2.30. The molecule has 0 aliphatic carbocycles. The molecule has 8 nitrogen and oxygen atoms in total. The zero-order valence-electron chi connectivity index (χ0n) is 17.9. The lowest BCUT2D eigenvalue weighted by molar-refractivity contribution is -0.198. The lowest BCUT2D eigenvalue weighted by Gasteiger charge is -2.32. The van der Waals surface area contributed by atoms with Gasteiger partial charge in [0.15, 0.2) is 11.8 Å². The van der Waals surface area contributed by atoms with Crippen LogP contribution in [0.25, 0.3) is 0 Å². The molecule has 2 aromatic carbocycles. The Kier molecular flexibility index (Phi) is 9.02. The molecule has 0 heterocycles. The first-order valence-corrected chi connectivity index (χ1v) is 9.92. The number of hydrogen-bond donors (Lipinski definition) is 2. The van der Waals surface area contributed by atoms with E-state index < -0.39 is 23.8 Å². The van der Waals surface area contributed by atoms with Gasteiger partial charge in [-0.25, -0.2) is 9.86 Å². The molecule has 0 spiro atoms. The number of carbonyl (C=O) groups is 3. The summed E-state index contributed by atoms with van der Waals surface area (Å²) in [6.07, 6.45) is 0.440. The minimum Gasteiger partial charge on any atom is -0.497 e. The Hall–Kier alpha value is -3.39. The van der Waals surface area contributed by atoms with E-state index in [9.17, 15) is 19.5 Å². The normalized spacial score (nSPS) is 12.6. The summed E-state index contributed by atoms with van der Waals surface area (Å²) in [4.78, 5) is 42.5. The number of anilines is 1. The number of carboxylic acids is 1. The van der Waals surface area contributed by atoms with E-state index in [0.29, 0.717) is 17.8 Å². The molecule has 0 radical (unpaired) electrons. The number of ketones is 1. The second kappa shape index (κ2) is 11.7. The van der Waals surface area contributed by atoms with Crippen molar-refractivity contribution in [1.82, 2.24) is 5.06 Å². The number of aliphatic carboxylic acids is 1. The van der Waals surface area contributed by atoms with Gasteiger partial charge in [-0.3, -0.25) is 14.4 Å². The number of carboxylic acid groups (broad SMARTS) is 1. The summed E-state index contributed by atoms with van der Waals surface area (Å²) >= 11 is 0. The van der Waals surface area contributed by atoms with Crippen molar-refractivity contribution in [2.75, 3.05) is 12.4 Å². The fraction of sp³-hybridized carbons (Fsp3) is 0.348. The summed E-state index contributed by atoms with van der Waals surface area (Å²) in [7, 11) is 1.52. The maximum atomic E-state index is 13.0. The summed E-state index contributed by atoms with van der Waals surface area (Å²) in [6, 6.07) is 12.9. The number of Topliss-reactive ketones (excluding diaryl/α,β-unsaturated/α-hetero) is 1. The molecule has 2 rings (SSSR count). The van der Waals surface area contributed by atoms with Crippen LogP contribution in [0.15, 0.2) is 54.6 Å². The third kappa shape index (κ3) is 7.11. The van der Waals surface area contributed by atoms with Crippen LogP contribution < -0.4 is 10.1 Å². The summed E-state index contributed by atoms with van der Waals surface area (Å²) in [5.41, 5.74) is 1.24. The van der Waals surface area contributed by atoms with Crippen LogP contribution in [0, 0.1) is 5.92 Å². The number of nitrogens with one attached hydrogen (secondary N) is 1. The van der Waals surface area contributed by atoms with Crippen molar-refractivity contribution in [3.05, 3.63) is 60.2 Å². The van der Waals surface area contributed by atoms with Gasteiger partial charge >= 0.3 is 5.97 Å². The van der Waals surface area contributed by atoms with Crippen molar-refractivity contribution in [3.8, 4) is 5.75 Å². The molecule has 0 aliphatic heterocycles. The predicted molar refractivity (Wildman–Crippen MR) is 115 cm³/mol. The van der Waals surface area contributed by atoms with Crippen molar-refractivity contribution in [2.24, 2.45) is 5.92 Å². The van der Waals surface area contributed by atoms with Crippen molar-refractivity contribution in [1.29, 1.82) is 0 Å². The summed E-state index contributed by atoms with van der Waals surface area (Å²) in [5, 5.41) is 13.5. The molecule has 0 fully saturated rings. The Morgan fingerprint density at radius 2 is 1.74 bits per heavy atom. The van der Waals surface area contributed by atoms with Crippen LogP contribution >= 0.6 is 0 Å². The number of benzene rings is 2. The number of nitrogens with zero attached hydrogens (tertiary/aromatic N) is 1. The number of ether oxygens (including phenoxy) is 1. The molecule has 0 saturated carbocycles. The third-order valence-corrected chi connectivity index (χ3v) is 4.53. The van der Waals surface area contributed by atoms with E-state index in [1.807, 2.05) is 32.0 Å². The summed E-state index contributed by atoms with van der Waals surface area (Å²) in [5.74, 6) is -1.12. The molecule has 31 heavy (non-hydrogen) atoms. The Bertz CT molecular complexity index is 854. The largest absolute Gasteiger partial charge is 0.497 e. The molecule has 1 unspecified atom stereocenters. The van der Waals surface area contributed by atoms with Crippen LogP contribution in [0.4, 0.5) is 5.69 Å². The minimum atomic E-state index is -1.42. The van der Waals surface area contributed by atoms with E-state index in [0.717, 1.165) is 10.6 Å². The van der Waals surface area contributed by atoms with Crippen molar-refractivity contribution in [2.45, 2.75) is 39.0 Å². The van der Waals surface area contributed by atoms with Gasteiger partial charge in [-0.15, -0.1) is 0 Å². The highest BCUT2D eigenvalue weighted by molar-refractivity contribution is 5.93. The fourth-order valence-corrected chi connectivity index (χ4v) is 3.04. The van der Waals surface area contributed by atoms with Gasteiger partial charge in [-0.2, -0.15) is 0 Å². The first kappa shape index (κ1) is 23.9. The number of carbonyl (C=O) groups excluding carboxylic acids is 2. The average molecular weight is 428 g/mol. The second-order valence-corrected chi connectivity index (χ2v) is 7.42. The second-order valence-electron chi connectivity index (χ2n) is 7.42. The average Bonchev–Trinajstić information content (AvgIpc) is 2.76. The molecule has 2 N–H and O–H groups in total. The molecule has 166 valence electrons. The van der Waals surface area contributed by atoms with E-state index in [1.165, 1.54) is 7.11 Å². The number of hydrogen-bond acceptors (Lipinski definition) is 6.